The monoisotopic (exact) mass is 365 g/mol. The fraction of sp³-hybridized carbons (Fsp3) is 0.100. The number of nitrogens with zero attached hydrogens (tertiary/aromatic N) is 1. The predicted octanol–water partition coefficient (Wildman–Crippen LogP) is 4.09. The Balaban J connectivity index is 1.63. The highest BCUT2D eigenvalue weighted by Crippen LogP contribution is 2.25. The van der Waals surface area contributed by atoms with E-state index >= 15 is 0 Å². The minimum Gasteiger partial charge on any atom is -0.454 e. The molecule has 27 heavy (non-hydrogen) atoms. The smallest absolute Gasteiger partial charge is 0.331 e. The first-order chi connectivity index (χ1) is 13.0. The van der Waals surface area contributed by atoms with E-state index < -0.39 is 23.3 Å². The number of nitro groups is 1. The number of furan rings is 1. The lowest BCUT2D eigenvalue weighted by atomic mass is 10.1. The van der Waals surface area contributed by atoms with E-state index in [-0.39, 0.29) is 11.4 Å². The largest absolute Gasteiger partial charge is 0.454 e. The molecule has 0 amide bonds. The molecule has 0 saturated heterocycles. The lowest BCUT2D eigenvalue weighted by molar-refractivity contribution is -0.384. The number of carbonyl (C=O) groups is 2. The quantitative estimate of drug-likeness (QED) is 0.214. The van der Waals surface area contributed by atoms with Crippen LogP contribution in [0.4, 0.5) is 5.69 Å². The number of nitro benzene ring substituents is 1. The van der Waals surface area contributed by atoms with E-state index in [1.54, 1.807) is 25.1 Å². The highest BCUT2D eigenvalue weighted by atomic mass is 16.6. The van der Waals surface area contributed by atoms with Crippen molar-refractivity contribution in [2.24, 2.45) is 0 Å². The van der Waals surface area contributed by atoms with Crippen LogP contribution in [0.25, 0.3) is 17.0 Å². The first-order valence-electron chi connectivity index (χ1n) is 8.06. The van der Waals surface area contributed by atoms with Gasteiger partial charge in [-0.2, -0.15) is 0 Å². The van der Waals surface area contributed by atoms with Crippen LogP contribution in [0.1, 0.15) is 21.7 Å². The third-order valence-corrected chi connectivity index (χ3v) is 3.94. The summed E-state index contributed by atoms with van der Waals surface area (Å²) in [6.07, 6.45) is 2.49. The molecule has 0 unspecified atom stereocenters. The maximum absolute atomic E-state index is 12.3. The van der Waals surface area contributed by atoms with Crippen molar-refractivity contribution < 1.29 is 23.7 Å². The Morgan fingerprint density at radius 3 is 2.70 bits per heavy atom. The lowest BCUT2D eigenvalue weighted by Gasteiger charge is -2.00. The van der Waals surface area contributed by atoms with Gasteiger partial charge in [-0.1, -0.05) is 30.3 Å². The average molecular weight is 365 g/mol. The Bertz CT molecular complexity index is 1060. The Morgan fingerprint density at radius 2 is 1.96 bits per heavy atom. The molecule has 7 heteroatoms. The SMILES string of the molecule is Cc1c(C(=O)COC(=O)/C=C/c2cccc([N+](=O)[O-])c2)oc2ccccc12. The standard InChI is InChI=1S/C20H15NO6/c1-13-16-7-2-3-8-18(16)27-20(13)17(22)12-26-19(23)10-9-14-5-4-6-15(11-14)21(24)25/h2-11H,12H2,1H3/b10-9+. The molecule has 1 aromatic heterocycles. The third kappa shape index (κ3) is 4.09. The Hall–Kier alpha value is -3.74. The Labute approximate surface area is 154 Å². The van der Waals surface area contributed by atoms with E-state index in [0.717, 1.165) is 11.5 Å². The molecule has 0 N–H and O–H groups in total. The first-order valence-corrected chi connectivity index (χ1v) is 8.06. The summed E-state index contributed by atoms with van der Waals surface area (Å²) < 4.78 is 10.5. The van der Waals surface area contributed by atoms with Gasteiger partial charge in [0.2, 0.25) is 5.78 Å². The minimum absolute atomic E-state index is 0.0824. The van der Waals surface area contributed by atoms with Crippen LogP contribution in [0.5, 0.6) is 0 Å². The molecule has 2 aromatic carbocycles. The number of rotatable bonds is 6. The number of esters is 1. The van der Waals surface area contributed by atoms with Crippen LogP contribution in [-0.2, 0) is 9.53 Å². The number of non-ortho nitro benzene ring substituents is 1. The molecule has 0 aliphatic heterocycles. The molecule has 7 nitrogen and oxygen atoms in total. The predicted molar refractivity (Wildman–Crippen MR) is 98.4 cm³/mol. The van der Waals surface area contributed by atoms with E-state index in [2.05, 4.69) is 0 Å². The zero-order valence-corrected chi connectivity index (χ0v) is 14.4. The van der Waals surface area contributed by atoms with E-state index in [9.17, 15) is 19.7 Å². The van der Waals surface area contributed by atoms with Crippen molar-refractivity contribution in [2.45, 2.75) is 6.92 Å². The van der Waals surface area contributed by atoms with Crippen LogP contribution in [0.15, 0.2) is 59.0 Å². The van der Waals surface area contributed by atoms with Gasteiger partial charge in [-0.25, -0.2) is 4.79 Å². The molecule has 3 rings (SSSR count). The molecule has 0 radical (unpaired) electrons. The van der Waals surface area contributed by atoms with Crippen molar-refractivity contribution in [1.82, 2.24) is 0 Å². The van der Waals surface area contributed by atoms with Crippen molar-refractivity contribution in [3.63, 3.8) is 0 Å². The van der Waals surface area contributed by atoms with Gasteiger partial charge in [0, 0.05) is 29.2 Å². The minimum atomic E-state index is -0.733. The highest BCUT2D eigenvalue weighted by Gasteiger charge is 2.18. The Morgan fingerprint density at radius 1 is 1.19 bits per heavy atom. The summed E-state index contributed by atoms with van der Waals surface area (Å²) in [4.78, 5) is 34.3. The van der Waals surface area contributed by atoms with Crippen LogP contribution in [-0.4, -0.2) is 23.3 Å². The molecular formula is C20H15NO6. The molecule has 1 heterocycles. The van der Waals surface area contributed by atoms with Gasteiger partial charge in [-0.05, 0) is 24.6 Å². The van der Waals surface area contributed by atoms with Crippen LogP contribution in [0, 0.1) is 17.0 Å². The van der Waals surface area contributed by atoms with Gasteiger partial charge >= 0.3 is 5.97 Å². The first kappa shape index (κ1) is 18.1. The van der Waals surface area contributed by atoms with Crippen LogP contribution in [0.2, 0.25) is 0 Å². The van der Waals surface area contributed by atoms with Crippen LogP contribution < -0.4 is 0 Å². The second-order valence-corrected chi connectivity index (χ2v) is 5.77. The summed E-state index contributed by atoms with van der Waals surface area (Å²) in [5.74, 6) is -1.02. The number of aryl methyl sites for hydroxylation is 1. The number of Topliss-reactive ketones (excluding diaryl/α,β-unsaturated/α-hetero) is 1. The number of carbonyl (C=O) groups excluding carboxylic acids is 2. The van der Waals surface area contributed by atoms with Crippen molar-refractivity contribution in [3.05, 3.63) is 81.6 Å². The van der Waals surface area contributed by atoms with Crippen molar-refractivity contribution in [1.29, 1.82) is 0 Å². The molecule has 0 aliphatic rings. The van der Waals surface area contributed by atoms with Gasteiger partial charge in [0.15, 0.2) is 12.4 Å². The van der Waals surface area contributed by atoms with Gasteiger partial charge in [-0.3, -0.25) is 14.9 Å². The summed E-state index contributed by atoms with van der Waals surface area (Å²) in [6.45, 7) is 1.31. The maximum Gasteiger partial charge on any atom is 0.331 e. The molecule has 0 spiro atoms. The fourth-order valence-corrected chi connectivity index (χ4v) is 2.60. The molecule has 0 fully saturated rings. The van der Waals surface area contributed by atoms with Gasteiger partial charge in [0.05, 0.1) is 4.92 Å². The molecule has 0 atom stereocenters. The number of ether oxygens (including phenoxy) is 1. The summed E-state index contributed by atoms with van der Waals surface area (Å²) in [5.41, 5.74) is 1.68. The normalized spacial score (nSPS) is 11.0. The number of ketones is 1. The highest BCUT2D eigenvalue weighted by molar-refractivity contribution is 6.02. The average Bonchev–Trinajstić information content (AvgIpc) is 3.01. The van der Waals surface area contributed by atoms with E-state index in [1.165, 1.54) is 24.3 Å². The topological polar surface area (TPSA) is 99.7 Å². The second kappa shape index (κ2) is 7.65. The fourth-order valence-electron chi connectivity index (χ4n) is 2.60. The molecule has 0 saturated carbocycles. The number of hydrogen-bond donors (Lipinski definition) is 0. The molecular weight excluding hydrogens is 350 g/mol. The van der Waals surface area contributed by atoms with Gasteiger partial charge in [0.25, 0.3) is 5.69 Å². The van der Waals surface area contributed by atoms with Crippen molar-refractivity contribution >= 4 is 34.5 Å². The van der Waals surface area contributed by atoms with E-state index in [0.29, 0.717) is 16.7 Å². The summed E-state index contributed by atoms with van der Waals surface area (Å²) in [6, 6.07) is 13.1. The molecule has 0 bridgehead atoms. The summed E-state index contributed by atoms with van der Waals surface area (Å²) in [5, 5.41) is 11.6. The zero-order valence-electron chi connectivity index (χ0n) is 14.4. The summed E-state index contributed by atoms with van der Waals surface area (Å²) in [7, 11) is 0. The zero-order chi connectivity index (χ0) is 19.4. The molecule has 136 valence electrons. The van der Waals surface area contributed by atoms with Gasteiger partial charge in [-0.15, -0.1) is 0 Å². The summed E-state index contributed by atoms with van der Waals surface area (Å²) >= 11 is 0. The van der Waals surface area contributed by atoms with E-state index in [1.807, 2.05) is 12.1 Å². The number of hydrogen-bond acceptors (Lipinski definition) is 6. The van der Waals surface area contributed by atoms with Crippen molar-refractivity contribution in [2.75, 3.05) is 6.61 Å². The van der Waals surface area contributed by atoms with Crippen LogP contribution in [0.3, 0.4) is 0 Å². The number of benzene rings is 2. The van der Waals surface area contributed by atoms with E-state index in [4.69, 9.17) is 9.15 Å². The maximum atomic E-state index is 12.3. The second-order valence-electron chi connectivity index (χ2n) is 5.77. The third-order valence-electron chi connectivity index (χ3n) is 3.94. The molecule has 3 aromatic rings. The number of fused-ring (bicyclic) bond motifs is 1. The van der Waals surface area contributed by atoms with Gasteiger partial charge < -0.3 is 9.15 Å². The van der Waals surface area contributed by atoms with Crippen LogP contribution >= 0.6 is 0 Å². The van der Waals surface area contributed by atoms with Gasteiger partial charge in [0.1, 0.15) is 5.58 Å². The molecule has 0 aliphatic carbocycles. The Kier molecular flexibility index (Phi) is 5.12. The lowest BCUT2D eigenvalue weighted by Crippen LogP contribution is -2.12. The number of para-hydroxylation sites is 1. The van der Waals surface area contributed by atoms with Crippen molar-refractivity contribution in [3.8, 4) is 0 Å².